The molecule has 1 aliphatic carbocycles. The summed E-state index contributed by atoms with van der Waals surface area (Å²) in [7, 11) is 1.70. The van der Waals surface area contributed by atoms with Crippen molar-refractivity contribution in [1.82, 2.24) is 16.0 Å². The zero-order valence-electron chi connectivity index (χ0n) is 15.2. The van der Waals surface area contributed by atoms with Crippen LogP contribution in [0.4, 0.5) is 0 Å². The van der Waals surface area contributed by atoms with Gasteiger partial charge in [0.05, 0.1) is 19.3 Å². The summed E-state index contributed by atoms with van der Waals surface area (Å²) in [5.41, 5.74) is -0.220. The number of amides is 1. The van der Waals surface area contributed by atoms with Gasteiger partial charge in [0.2, 0.25) is 5.91 Å². The summed E-state index contributed by atoms with van der Waals surface area (Å²) in [5.74, 6) is 0.577. The van der Waals surface area contributed by atoms with Crippen LogP contribution in [0, 0.1) is 0 Å². The molecule has 0 atom stereocenters. The fraction of sp³-hybridized carbons (Fsp3) is 0.882. The summed E-state index contributed by atoms with van der Waals surface area (Å²) >= 11 is 0. The Hall–Kier alpha value is -1.30. The van der Waals surface area contributed by atoms with Gasteiger partial charge in [-0.15, -0.1) is 0 Å². The van der Waals surface area contributed by atoms with Crippen molar-refractivity contribution in [3.63, 3.8) is 0 Å². The lowest BCUT2D eigenvalue weighted by Crippen LogP contribution is -2.48. The molecule has 0 unspecified atom stereocenters. The highest BCUT2D eigenvalue weighted by Crippen LogP contribution is 2.19. The zero-order valence-corrected chi connectivity index (χ0v) is 15.2. The van der Waals surface area contributed by atoms with E-state index in [4.69, 9.17) is 4.74 Å². The predicted octanol–water partition coefficient (Wildman–Crippen LogP) is 1.81. The topological polar surface area (TPSA) is 74.8 Å². The summed E-state index contributed by atoms with van der Waals surface area (Å²) in [6, 6.07) is 0. The SMILES string of the molecule is CN=C(NCCOC1CCCCCC1)NCC(=O)NC(C)(C)C. The molecule has 3 N–H and O–H groups in total. The maximum Gasteiger partial charge on any atom is 0.239 e. The molecule has 1 rings (SSSR count). The van der Waals surface area contributed by atoms with Crippen LogP contribution in [0.3, 0.4) is 0 Å². The molecule has 0 aromatic heterocycles. The molecule has 0 radical (unpaired) electrons. The lowest BCUT2D eigenvalue weighted by Gasteiger charge is -2.21. The summed E-state index contributed by atoms with van der Waals surface area (Å²) < 4.78 is 5.92. The van der Waals surface area contributed by atoms with Gasteiger partial charge in [0.25, 0.3) is 0 Å². The summed E-state index contributed by atoms with van der Waals surface area (Å²) in [5, 5.41) is 9.09. The smallest absolute Gasteiger partial charge is 0.239 e. The van der Waals surface area contributed by atoms with Crippen molar-refractivity contribution >= 4 is 11.9 Å². The average Bonchev–Trinajstić information content (AvgIpc) is 2.73. The molecule has 0 aromatic rings. The Labute approximate surface area is 140 Å². The second-order valence-corrected chi connectivity index (χ2v) is 7.14. The minimum atomic E-state index is -0.220. The number of nitrogens with one attached hydrogen (secondary N) is 3. The molecule has 1 amide bonds. The molecule has 23 heavy (non-hydrogen) atoms. The first kappa shape index (κ1) is 19.7. The van der Waals surface area contributed by atoms with Crippen molar-refractivity contribution in [2.75, 3.05) is 26.7 Å². The average molecular weight is 326 g/mol. The van der Waals surface area contributed by atoms with E-state index in [0.29, 0.717) is 25.2 Å². The van der Waals surface area contributed by atoms with Gasteiger partial charge in [-0.1, -0.05) is 25.7 Å². The van der Waals surface area contributed by atoms with E-state index < -0.39 is 0 Å². The van der Waals surface area contributed by atoms with Gasteiger partial charge >= 0.3 is 0 Å². The summed E-state index contributed by atoms with van der Waals surface area (Å²) in [6.45, 7) is 7.45. The Balaban J connectivity index is 2.15. The Morgan fingerprint density at radius 2 is 1.78 bits per heavy atom. The molecule has 134 valence electrons. The fourth-order valence-electron chi connectivity index (χ4n) is 2.65. The zero-order chi connectivity index (χ0) is 17.1. The van der Waals surface area contributed by atoms with Gasteiger partial charge < -0.3 is 20.7 Å². The predicted molar refractivity (Wildman–Crippen MR) is 94.7 cm³/mol. The highest BCUT2D eigenvalue weighted by molar-refractivity contribution is 5.86. The van der Waals surface area contributed by atoms with Crippen LogP contribution in [-0.2, 0) is 9.53 Å². The Morgan fingerprint density at radius 1 is 1.13 bits per heavy atom. The van der Waals surface area contributed by atoms with E-state index in [1.807, 2.05) is 20.8 Å². The third kappa shape index (κ3) is 10.2. The second-order valence-electron chi connectivity index (χ2n) is 7.14. The van der Waals surface area contributed by atoms with E-state index in [-0.39, 0.29) is 18.0 Å². The Kier molecular flexibility index (Phi) is 8.99. The van der Waals surface area contributed by atoms with E-state index in [2.05, 4.69) is 20.9 Å². The number of hydrogen-bond donors (Lipinski definition) is 3. The van der Waals surface area contributed by atoms with Crippen molar-refractivity contribution < 1.29 is 9.53 Å². The molecule has 6 nitrogen and oxygen atoms in total. The van der Waals surface area contributed by atoms with Crippen LogP contribution < -0.4 is 16.0 Å². The van der Waals surface area contributed by atoms with Crippen LogP contribution in [-0.4, -0.2) is 50.3 Å². The summed E-state index contributed by atoms with van der Waals surface area (Å²) in [4.78, 5) is 15.9. The van der Waals surface area contributed by atoms with Crippen LogP contribution in [0.25, 0.3) is 0 Å². The number of carbonyl (C=O) groups is 1. The van der Waals surface area contributed by atoms with Gasteiger partial charge in [0, 0.05) is 19.1 Å². The highest BCUT2D eigenvalue weighted by atomic mass is 16.5. The van der Waals surface area contributed by atoms with Crippen molar-refractivity contribution in [1.29, 1.82) is 0 Å². The molecule has 0 aliphatic heterocycles. The Morgan fingerprint density at radius 3 is 2.35 bits per heavy atom. The van der Waals surface area contributed by atoms with E-state index in [1.54, 1.807) is 7.05 Å². The van der Waals surface area contributed by atoms with Crippen LogP contribution in [0.1, 0.15) is 59.3 Å². The molecule has 0 saturated heterocycles. The van der Waals surface area contributed by atoms with Crippen molar-refractivity contribution in [2.45, 2.75) is 70.9 Å². The quantitative estimate of drug-likeness (QED) is 0.301. The molecular formula is C17H34N4O2. The minimum absolute atomic E-state index is 0.0462. The van der Waals surface area contributed by atoms with Gasteiger partial charge in [-0.25, -0.2) is 0 Å². The van der Waals surface area contributed by atoms with Gasteiger partial charge in [0.15, 0.2) is 5.96 Å². The minimum Gasteiger partial charge on any atom is -0.376 e. The molecule has 1 fully saturated rings. The number of aliphatic imine (C=N–C) groups is 1. The van der Waals surface area contributed by atoms with Gasteiger partial charge in [0.1, 0.15) is 0 Å². The first-order valence-electron chi connectivity index (χ1n) is 8.78. The van der Waals surface area contributed by atoms with Gasteiger partial charge in [-0.05, 0) is 33.6 Å². The molecule has 1 aliphatic rings. The molecule has 0 spiro atoms. The maximum atomic E-state index is 11.8. The van der Waals surface area contributed by atoms with E-state index in [1.165, 1.54) is 38.5 Å². The number of nitrogens with zero attached hydrogens (tertiary/aromatic N) is 1. The second kappa shape index (κ2) is 10.5. The first-order chi connectivity index (χ1) is 10.9. The number of ether oxygens (including phenoxy) is 1. The molecular weight excluding hydrogens is 292 g/mol. The monoisotopic (exact) mass is 326 g/mol. The van der Waals surface area contributed by atoms with Gasteiger partial charge in [-0.3, -0.25) is 9.79 Å². The van der Waals surface area contributed by atoms with E-state index in [9.17, 15) is 4.79 Å². The third-order valence-electron chi connectivity index (χ3n) is 3.70. The molecule has 1 saturated carbocycles. The maximum absolute atomic E-state index is 11.8. The van der Waals surface area contributed by atoms with Crippen LogP contribution in [0.5, 0.6) is 0 Å². The van der Waals surface area contributed by atoms with Crippen LogP contribution >= 0.6 is 0 Å². The van der Waals surface area contributed by atoms with Crippen molar-refractivity contribution in [3.05, 3.63) is 0 Å². The molecule has 6 heteroatoms. The molecule has 0 bridgehead atoms. The van der Waals surface area contributed by atoms with Crippen molar-refractivity contribution in [3.8, 4) is 0 Å². The molecule has 0 aromatic carbocycles. The lowest BCUT2D eigenvalue weighted by molar-refractivity contribution is -0.121. The number of rotatable bonds is 6. The first-order valence-corrected chi connectivity index (χ1v) is 8.78. The van der Waals surface area contributed by atoms with E-state index >= 15 is 0 Å². The fourth-order valence-corrected chi connectivity index (χ4v) is 2.65. The number of hydrogen-bond acceptors (Lipinski definition) is 3. The Bertz CT molecular complexity index is 369. The number of guanidine groups is 1. The normalized spacial score (nSPS) is 17.5. The van der Waals surface area contributed by atoms with Crippen molar-refractivity contribution in [2.24, 2.45) is 4.99 Å². The van der Waals surface area contributed by atoms with E-state index in [0.717, 1.165) is 0 Å². The van der Waals surface area contributed by atoms with Crippen LogP contribution in [0.2, 0.25) is 0 Å². The standard InChI is InChI=1S/C17H34N4O2/c1-17(2,3)21-15(22)13-20-16(18-4)19-11-12-23-14-9-7-5-6-8-10-14/h14H,5-13H2,1-4H3,(H,21,22)(H2,18,19,20). The lowest BCUT2D eigenvalue weighted by atomic mass is 10.1. The van der Waals surface area contributed by atoms with Gasteiger partial charge in [-0.2, -0.15) is 0 Å². The van der Waals surface area contributed by atoms with Crippen LogP contribution in [0.15, 0.2) is 4.99 Å². The molecule has 0 heterocycles. The largest absolute Gasteiger partial charge is 0.376 e. The summed E-state index contributed by atoms with van der Waals surface area (Å²) in [6.07, 6.45) is 8.01. The highest BCUT2D eigenvalue weighted by Gasteiger charge is 2.14. The third-order valence-corrected chi connectivity index (χ3v) is 3.70. The number of carbonyl (C=O) groups excluding carboxylic acids is 1.